The molecule has 0 aliphatic heterocycles. The van der Waals surface area contributed by atoms with E-state index in [1.807, 2.05) is 41.8 Å². The first kappa shape index (κ1) is 14.5. The molecule has 0 amide bonds. The summed E-state index contributed by atoms with van der Waals surface area (Å²) in [6.07, 6.45) is 1.14. The largest absolute Gasteiger partial charge is 0.491 e. The van der Waals surface area contributed by atoms with Crippen LogP contribution in [0, 0.1) is 0 Å². The van der Waals surface area contributed by atoms with E-state index in [2.05, 4.69) is 15.5 Å². The predicted molar refractivity (Wildman–Crippen MR) is 75.3 cm³/mol. The van der Waals surface area contributed by atoms with Gasteiger partial charge in [-0.05, 0) is 19.1 Å². The maximum absolute atomic E-state index is 9.84. The molecule has 0 aliphatic carbocycles. The maximum Gasteiger partial charge on any atom is 0.146 e. The van der Waals surface area contributed by atoms with E-state index >= 15 is 0 Å². The summed E-state index contributed by atoms with van der Waals surface area (Å²) in [5.74, 6) is 1.63. The van der Waals surface area contributed by atoms with Crippen LogP contribution < -0.4 is 10.1 Å². The standard InChI is InChI=1S/C14H20N4O2/c1-2-18-11-16-17-14(18)9-15-8-12(19)10-20-13-6-4-3-5-7-13/h3-7,11-12,15,19H,2,8-10H2,1H3. The minimum atomic E-state index is -0.562. The molecule has 0 spiro atoms. The summed E-state index contributed by atoms with van der Waals surface area (Å²) in [5, 5.41) is 20.8. The van der Waals surface area contributed by atoms with Crippen molar-refractivity contribution in [3.63, 3.8) is 0 Å². The minimum Gasteiger partial charge on any atom is -0.491 e. The number of aromatic nitrogens is 3. The van der Waals surface area contributed by atoms with Gasteiger partial charge in [-0.3, -0.25) is 0 Å². The molecule has 1 heterocycles. The highest BCUT2D eigenvalue weighted by atomic mass is 16.5. The van der Waals surface area contributed by atoms with E-state index in [4.69, 9.17) is 4.74 Å². The van der Waals surface area contributed by atoms with E-state index < -0.39 is 6.10 Å². The zero-order valence-corrected chi connectivity index (χ0v) is 11.6. The second-order valence-corrected chi connectivity index (χ2v) is 4.44. The fourth-order valence-electron chi connectivity index (χ4n) is 1.80. The van der Waals surface area contributed by atoms with Crippen molar-refractivity contribution < 1.29 is 9.84 Å². The molecule has 1 unspecified atom stereocenters. The summed E-state index contributed by atoms with van der Waals surface area (Å²) < 4.78 is 7.44. The number of benzene rings is 1. The Balaban J connectivity index is 1.66. The highest BCUT2D eigenvalue weighted by molar-refractivity contribution is 5.20. The van der Waals surface area contributed by atoms with Crippen LogP contribution in [0.3, 0.4) is 0 Å². The van der Waals surface area contributed by atoms with Crippen molar-refractivity contribution in [1.29, 1.82) is 0 Å². The SMILES string of the molecule is CCn1cnnc1CNCC(O)COc1ccccc1. The molecule has 0 saturated carbocycles. The van der Waals surface area contributed by atoms with Crippen molar-refractivity contribution in [2.75, 3.05) is 13.2 Å². The van der Waals surface area contributed by atoms with Crippen molar-refractivity contribution in [1.82, 2.24) is 20.1 Å². The quantitative estimate of drug-likeness (QED) is 0.747. The van der Waals surface area contributed by atoms with Crippen LogP contribution in [-0.4, -0.2) is 39.1 Å². The Morgan fingerprint density at radius 1 is 1.35 bits per heavy atom. The number of nitrogens with one attached hydrogen (secondary N) is 1. The molecule has 0 saturated heterocycles. The lowest BCUT2D eigenvalue weighted by Crippen LogP contribution is -2.31. The fourth-order valence-corrected chi connectivity index (χ4v) is 1.80. The lowest BCUT2D eigenvalue weighted by Gasteiger charge is -2.13. The summed E-state index contributed by atoms with van der Waals surface area (Å²) in [7, 11) is 0. The van der Waals surface area contributed by atoms with Gasteiger partial charge in [0.15, 0.2) is 0 Å². The molecule has 1 aromatic heterocycles. The third-order valence-electron chi connectivity index (χ3n) is 2.89. The number of hydrogen-bond donors (Lipinski definition) is 2. The molecular formula is C14H20N4O2. The van der Waals surface area contributed by atoms with Crippen LogP contribution in [0.1, 0.15) is 12.7 Å². The van der Waals surface area contributed by atoms with E-state index in [1.165, 1.54) is 0 Å². The first-order valence-electron chi connectivity index (χ1n) is 6.73. The summed E-state index contributed by atoms with van der Waals surface area (Å²) >= 11 is 0. The fraction of sp³-hybridized carbons (Fsp3) is 0.429. The molecule has 2 rings (SSSR count). The minimum absolute atomic E-state index is 0.261. The summed E-state index contributed by atoms with van der Waals surface area (Å²) in [6, 6.07) is 9.46. The molecule has 0 radical (unpaired) electrons. The molecule has 6 heteroatoms. The van der Waals surface area contributed by atoms with Crippen molar-refractivity contribution in [3.8, 4) is 5.75 Å². The Morgan fingerprint density at radius 2 is 2.15 bits per heavy atom. The number of nitrogens with zero attached hydrogens (tertiary/aromatic N) is 3. The van der Waals surface area contributed by atoms with Crippen LogP contribution in [0.4, 0.5) is 0 Å². The molecular weight excluding hydrogens is 256 g/mol. The highest BCUT2D eigenvalue weighted by Gasteiger charge is 2.07. The van der Waals surface area contributed by atoms with Gasteiger partial charge < -0.3 is 19.7 Å². The number of hydrogen-bond acceptors (Lipinski definition) is 5. The Labute approximate surface area is 118 Å². The van der Waals surface area contributed by atoms with Gasteiger partial charge in [0.25, 0.3) is 0 Å². The molecule has 20 heavy (non-hydrogen) atoms. The average molecular weight is 276 g/mol. The average Bonchev–Trinajstić information content (AvgIpc) is 2.94. The summed E-state index contributed by atoms with van der Waals surface area (Å²) in [5.41, 5.74) is 0. The van der Waals surface area contributed by atoms with E-state index in [0.29, 0.717) is 13.1 Å². The van der Waals surface area contributed by atoms with Crippen LogP contribution in [0.5, 0.6) is 5.75 Å². The topological polar surface area (TPSA) is 72.2 Å². The first-order chi connectivity index (χ1) is 9.79. The first-order valence-corrected chi connectivity index (χ1v) is 6.73. The van der Waals surface area contributed by atoms with Gasteiger partial charge in [0, 0.05) is 13.1 Å². The smallest absolute Gasteiger partial charge is 0.146 e. The number of rotatable bonds is 8. The van der Waals surface area contributed by atoms with Gasteiger partial charge >= 0.3 is 0 Å². The van der Waals surface area contributed by atoms with Gasteiger partial charge in [-0.2, -0.15) is 0 Å². The van der Waals surface area contributed by atoms with E-state index in [9.17, 15) is 5.11 Å². The molecule has 1 atom stereocenters. The Kier molecular flexibility index (Phi) is 5.52. The van der Waals surface area contributed by atoms with Crippen LogP contribution in [0.2, 0.25) is 0 Å². The normalized spacial score (nSPS) is 12.3. The van der Waals surface area contributed by atoms with Gasteiger partial charge in [0.2, 0.25) is 0 Å². The predicted octanol–water partition coefficient (Wildman–Crippen LogP) is 0.827. The number of aliphatic hydroxyl groups is 1. The van der Waals surface area contributed by atoms with Crippen molar-refractivity contribution in [2.24, 2.45) is 0 Å². The van der Waals surface area contributed by atoms with Crippen molar-refractivity contribution >= 4 is 0 Å². The lowest BCUT2D eigenvalue weighted by atomic mass is 10.3. The molecule has 0 aliphatic rings. The number of ether oxygens (including phenoxy) is 1. The Morgan fingerprint density at radius 3 is 2.90 bits per heavy atom. The van der Waals surface area contributed by atoms with E-state index in [1.54, 1.807) is 6.33 Å². The van der Waals surface area contributed by atoms with E-state index in [0.717, 1.165) is 18.1 Å². The highest BCUT2D eigenvalue weighted by Crippen LogP contribution is 2.08. The third-order valence-corrected chi connectivity index (χ3v) is 2.89. The lowest BCUT2D eigenvalue weighted by molar-refractivity contribution is 0.106. The van der Waals surface area contributed by atoms with Gasteiger partial charge in [-0.1, -0.05) is 18.2 Å². The molecule has 1 aromatic carbocycles. The van der Waals surface area contributed by atoms with Gasteiger partial charge in [0.1, 0.15) is 30.6 Å². The van der Waals surface area contributed by atoms with Crippen molar-refractivity contribution in [3.05, 3.63) is 42.5 Å². The molecule has 6 nitrogen and oxygen atoms in total. The molecule has 0 bridgehead atoms. The Hall–Kier alpha value is -1.92. The number of para-hydroxylation sites is 1. The molecule has 108 valence electrons. The van der Waals surface area contributed by atoms with Gasteiger partial charge in [-0.25, -0.2) is 0 Å². The molecule has 2 aromatic rings. The zero-order valence-electron chi connectivity index (χ0n) is 11.6. The Bertz CT molecular complexity index is 501. The second kappa shape index (κ2) is 7.62. The van der Waals surface area contributed by atoms with E-state index in [-0.39, 0.29) is 6.61 Å². The zero-order chi connectivity index (χ0) is 14.2. The molecule has 2 N–H and O–H groups in total. The van der Waals surface area contributed by atoms with Crippen molar-refractivity contribution in [2.45, 2.75) is 26.1 Å². The third kappa shape index (κ3) is 4.32. The van der Waals surface area contributed by atoms with Crippen LogP contribution in [-0.2, 0) is 13.1 Å². The second-order valence-electron chi connectivity index (χ2n) is 4.44. The van der Waals surface area contributed by atoms with Crippen LogP contribution in [0.15, 0.2) is 36.7 Å². The van der Waals surface area contributed by atoms with Crippen LogP contribution in [0.25, 0.3) is 0 Å². The monoisotopic (exact) mass is 276 g/mol. The summed E-state index contributed by atoms with van der Waals surface area (Å²) in [4.78, 5) is 0. The maximum atomic E-state index is 9.84. The van der Waals surface area contributed by atoms with Crippen LogP contribution >= 0.6 is 0 Å². The van der Waals surface area contributed by atoms with Gasteiger partial charge in [-0.15, -0.1) is 10.2 Å². The number of aryl methyl sites for hydroxylation is 1. The number of aliphatic hydroxyl groups excluding tert-OH is 1. The summed E-state index contributed by atoms with van der Waals surface area (Å²) in [6.45, 7) is 4.16. The van der Waals surface area contributed by atoms with Gasteiger partial charge in [0.05, 0.1) is 6.54 Å². The molecule has 0 fully saturated rings.